The molecule has 0 fully saturated rings. The maximum absolute atomic E-state index is 10.6. The topological polar surface area (TPSA) is 111 Å². The van der Waals surface area contributed by atoms with E-state index in [0.717, 1.165) is 18.5 Å². The maximum Gasteiger partial charge on any atom is 0.306 e. The molecular weight excluding hydrogens is 423 g/mol. The fourth-order valence-corrected chi connectivity index (χ4v) is 2.68. The summed E-state index contributed by atoms with van der Waals surface area (Å²) in [6, 6.07) is 6.24. The number of fused-ring (bicyclic) bond motifs is 1. The van der Waals surface area contributed by atoms with E-state index in [4.69, 9.17) is 5.73 Å². The lowest BCUT2D eigenvalue weighted by Crippen LogP contribution is -2.23. The molecule has 1 heterocycles. The Morgan fingerprint density at radius 2 is 2.21 bits per heavy atom. The summed E-state index contributed by atoms with van der Waals surface area (Å²) in [6.45, 7) is 0.822. The second kappa shape index (κ2) is 8.08. The van der Waals surface area contributed by atoms with Crippen LogP contribution < -0.4 is 11.1 Å². The van der Waals surface area contributed by atoms with Gasteiger partial charge in [0.25, 0.3) is 0 Å². The standard InChI is InChI=1S/C15H18N6O2.HI/c16-15(17-6-7-20-10-14(9-18-20)21(22)23)19-13-5-4-11-2-1-3-12(11)8-13;/h4-5,8-10H,1-3,6-7H2,(H3,16,17,19);1H. The van der Waals surface area contributed by atoms with Crippen molar-refractivity contribution in [1.82, 2.24) is 9.78 Å². The second-order valence-electron chi connectivity index (χ2n) is 5.45. The lowest BCUT2D eigenvalue weighted by Gasteiger charge is -2.08. The Hall–Kier alpha value is -2.17. The molecule has 0 saturated carbocycles. The number of anilines is 1. The van der Waals surface area contributed by atoms with Gasteiger partial charge in [0, 0.05) is 5.69 Å². The van der Waals surface area contributed by atoms with Crippen LogP contribution in [0, 0.1) is 10.1 Å². The van der Waals surface area contributed by atoms with E-state index in [1.807, 2.05) is 6.07 Å². The summed E-state index contributed by atoms with van der Waals surface area (Å²) < 4.78 is 1.48. The van der Waals surface area contributed by atoms with Gasteiger partial charge in [-0.2, -0.15) is 5.10 Å². The number of hydrogen-bond donors (Lipinski definition) is 2. The van der Waals surface area contributed by atoms with Crippen LogP contribution in [-0.4, -0.2) is 27.2 Å². The van der Waals surface area contributed by atoms with Crippen LogP contribution in [0.2, 0.25) is 0 Å². The molecule has 2 aromatic rings. The molecule has 0 radical (unpaired) electrons. The lowest BCUT2D eigenvalue weighted by atomic mass is 10.1. The molecule has 128 valence electrons. The van der Waals surface area contributed by atoms with Gasteiger partial charge in [-0.25, -0.2) is 0 Å². The van der Waals surface area contributed by atoms with Gasteiger partial charge < -0.3 is 11.1 Å². The van der Waals surface area contributed by atoms with E-state index in [-0.39, 0.29) is 29.7 Å². The van der Waals surface area contributed by atoms with Gasteiger partial charge in [0.05, 0.1) is 18.0 Å². The number of aromatic nitrogens is 2. The van der Waals surface area contributed by atoms with E-state index < -0.39 is 4.92 Å². The van der Waals surface area contributed by atoms with Crippen LogP contribution in [0.1, 0.15) is 17.5 Å². The van der Waals surface area contributed by atoms with E-state index in [1.165, 1.54) is 34.6 Å². The Kier molecular flexibility index (Phi) is 6.12. The van der Waals surface area contributed by atoms with Crippen molar-refractivity contribution in [2.75, 3.05) is 11.9 Å². The smallest absolute Gasteiger partial charge is 0.306 e. The highest BCUT2D eigenvalue weighted by atomic mass is 127. The number of nitrogens with two attached hydrogens (primary N) is 1. The van der Waals surface area contributed by atoms with Crippen molar-refractivity contribution in [3.05, 3.63) is 51.8 Å². The first-order chi connectivity index (χ1) is 11.1. The van der Waals surface area contributed by atoms with Crippen molar-refractivity contribution in [2.45, 2.75) is 25.8 Å². The van der Waals surface area contributed by atoms with Gasteiger partial charge in [0.1, 0.15) is 12.4 Å². The van der Waals surface area contributed by atoms with Crippen LogP contribution >= 0.6 is 24.0 Å². The van der Waals surface area contributed by atoms with Crippen molar-refractivity contribution >= 4 is 41.3 Å². The number of benzene rings is 1. The summed E-state index contributed by atoms with van der Waals surface area (Å²) in [5.41, 5.74) is 9.55. The molecule has 0 aliphatic heterocycles. The normalized spacial score (nSPS) is 13.2. The van der Waals surface area contributed by atoms with Crippen molar-refractivity contribution in [3.63, 3.8) is 0 Å². The van der Waals surface area contributed by atoms with Crippen molar-refractivity contribution in [3.8, 4) is 0 Å². The minimum atomic E-state index is -0.476. The number of rotatable bonds is 5. The highest BCUT2D eigenvalue weighted by molar-refractivity contribution is 14.0. The minimum Gasteiger partial charge on any atom is -0.370 e. The van der Waals surface area contributed by atoms with Crippen LogP contribution in [0.4, 0.5) is 11.4 Å². The van der Waals surface area contributed by atoms with Gasteiger partial charge >= 0.3 is 5.69 Å². The van der Waals surface area contributed by atoms with Gasteiger partial charge in [-0.05, 0) is 42.5 Å². The lowest BCUT2D eigenvalue weighted by molar-refractivity contribution is -0.385. The predicted octanol–water partition coefficient (Wildman–Crippen LogP) is 2.32. The molecule has 3 rings (SSSR count). The van der Waals surface area contributed by atoms with Crippen molar-refractivity contribution < 1.29 is 4.92 Å². The van der Waals surface area contributed by atoms with E-state index in [2.05, 4.69) is 27.5 Å². The fourth-order valence-electron chi connectivity index (χ4n) is 2.68. The zero-order chi connectivity index (χ0) is 16.2. The average Bonchev–Trinajstić information content (AvgIpc) is 3.15. The molecular formula is C15H19IN6O2. The van der Waals surface area contributed by atoms with E-state index in [0.29, 0.717) is 19.0 Å². The number of nitrogens with one attached hydrogen (secondary N) is 1. The Balaban J connectivity index is 0.00000208. The zero-order valence-corrected chi connectivity index (χ0v) is 15.3. The predicted molar refractivity (Wildman–Crippen MR) is 103 cm³/mol. The fraction of sp³-hybridized carbons (Fsp3) is 0.333. The molecule has 1 aromatic heterocycles. The molecule has 0 atom stereocenters. The van der Waals surface area contributed by atoms with E-state index in [9.17, 15) is 10.1 Å². The number of guanidine groups is 1. The first-order valence-electron chi connectivity index (χ1n) is 7.47. The Morgan fingerprint density at radius 1 is 1.42 bits per heavy atom. The number of halogens is 1. The SMILES string of the molecule is I.NC(=NCCn1cc([N+](=O)[O-])cn1)Nc1ccc2c(c1)CCC2. The molecule has 0 bridgehead atoms. The Morgan fingerprint density at radius 3 is 2.96 bits per heavy atom. The molecule has 3 N–H and O–H groups in total. The molecule has 1 aliphatic rings. The summed E-state index contributed by atoms with van der Waals surface area (Å²) in [7, 11) is 0. The van der Waals surface area contributed by atoms with Crippen LogP contribution in [0.3, 0.4) is 0 Å². The Bertz CT molecular complexity index is 758. The molecule has 24 heavy (non-hydrogen) atoms. The zero-order valence-electron chi connectivity index (χ0n) is 13.0. The first kappa shape index (κ1) is 18.2. The van der Waals surface area contributed by atoms with Crippen LogP contribution in [-0.2, 0) is 19.4 Å². The van der Waals surface area contributed by atoms with Gasteiger partial charge in [-0.3, -0.25) is 19.8 Å². The number of nitro groups is 1. The highest BCUT2D eigenvalue weighted by Gasteiger charge is 2.11. The summed E-state index contributed by atoms with van der Waals surface area (Å²) in [5.74, 6) is 0.324. The number of aryl methyl sites for hydroxylation is 2. The number of aliphatic imine (C=N–C) groups is 1. The minimum absolute atomic E-state index is 0. The van der Waals surface area contributed by atoms with Crippen LogP contribution in [0.15, 0.2) is 35.6 Å². The Labute approximate surface area is 156 Å². The van der Waals surface area contributed by atoms with E-state index >= 15 is 0 Å². The molecule has 1 aliphatic carbocycles. The summed E-state index contributed by atoms with van der Waals surface area (Å²) >= 11 is 0. The third kappa shape index (κ3) is 4.43. The van der Waals surface area contributed by atoms with Crippen LogP contribution in [0.25, 0.3) is 0 Å². The van der Waals surface area contributed by atoms with Crippen molar-refractivity contribution in [1.29, 1.82) is 0 Å². The van der Waals surface area contributed by atoms with Gasteiger partial charge in [-0.1, -0.05) is 6.07 Å². The quantitative estimate of drug-likeness (QED) is 0.243. The highest BCUT2D eigenvalue weighted by Crippen LogP contribution is 2.24. The molecule has 0 amide bonds. The molecule has 9 heteroatoms. The van der Waals surface area contributed by atoms with Gasteiger partial charge in [0.15, 0.2) is 5.96 Å². The average molecular weight is 442 g/mol. The maximum atomic E-state index is 10.6. The monoisotopic (exact) mass is 442 g/mol. The van der Waals surface area contributed by atoms with E-state index in [1.54, 1.807) is 0 Å². The summed E-state index contributed by atoms with van der Waals surface area (Å²) in [6.07, 6.45) is 6.06. The number of hydrogen-bond acceptors (Lipinski definition) is 4. The van der Waals surface area contributed by atoms with Gasteiger partial charge in [-0.15, -0.1) is 24.0 Å². The number of nitrogens with zero attached hydrogens (tertiary/aromatic N) is 4. The third-order valence-corrected chi connectivity index (χ3v) is 3.81. The molecule has 0 spiro atoms. The molecule has 8 nitrogen and oxygen atoms in total. The first-order valence-corrected chi connectivity index (χ1v) is 7.47. The third-order valence-electron chi connectivity index (χ3n) is 3.81. The molecule has 0 saturated heterocycles. The molecule has 1 aromatic carbocycles. The largest absolute Gasteiger partial charge is 0.370 e. The second-order valence-corrected chi connectivity index (χ2v) is 5.45. The summed E-state index contributed by atoms with van der Waals surface area (Å²) in [4.78, 5) is 14.3. The van der Waals surface area contributed by atoms with Crippen molar-refractivity contribution in [2.24, 2.45) is 10.7 Å². The van der Waals surface area contributed by atoms with Gasteiger partial charge in [0.2, 0.25) is 0 Å². The molecule has 0 unspecified atom stereocenters. The summed E-state index contributed by atoms with van der Waals surface area (Å²) in [5, 5.41) is 17.5. The van der Waals surface area contributed by atoms with Crippen LogP contribution in [0.5, 0.6) is 0 Å².